The molecule has 1 fully saturated rings. The highest BCUT2D eigenvalue weighted by Gasteiger charge is 2.29. The van der Waals surface area contributed by atoms with Gasteiger partial charge in [-0.05, 0) is 31.2 Å². The molecule has 26 heavy (non-hydrogen) atoms. The van der Waals surface area contributed by atoms with Gasteiger partial charge in [-0.1, -0.05) is 30.3 Å². The number of halogens is 1. The molecule has 0 unspecified atom stereocenters. The van der Waals surface area contributed by atoms with Crippen LogP contribution in [0.1, 0.15) is 28.9 Å². The summed E-state index contributed by atoms with van der Waals surface area (Å²) in [6.07, 6.45) is 0. The Bertz CT molecular complexity index is 756. The van der Waals surface area contributed by atoms with E-state index in [0.29, 0.717) is 18.8 Å². The molecule has 1 aliphatic heterocycles. The summed E-state index contributed by atoms with van der Waals surface area (Å²) < 4.78 is 18.5. The van der Waals surface area contributed by atoms with Gasteiger partial charge in [-0.25, -0.2) is 9.82 Å². The lowest BCUT2D eigenvalue weighted by Gasteiger charge is -2.31. The van der Waals surface area contributed by atoms with Crippen molar-refractivity contribution in [2.24, 2.45) is 5.10 Å². The summed E-state index contributed by atoms with van der Waals surface area (Å²) in [7, 11) is 0. The van der Waals surface area contributed by atoms with Crippen LogP contribution in [0.4, 0.5) is 4.39 Å². The molecule has 0 aliphatic carbocycles. The maximum atomic E-state index is 13.0. The Kier molecular flexibility index (Phi) is 6.09. The van der Waals surface area contributed by atoms with Crippen LogP contribution in [0.5, 0.6) is 0 Å². The molecular formula is C20H23FN3O2+. The van der Waals surface area contributed by atoms with Gasteiger partial charge in [0.05, 0.1) is 18.9 Å². The van der Waals surface area contributed by atoms with Crippen LogP contribution < -0.4 is 10.3 Å². The van der Waals surface area contributed by atoms with Gasteiger partial charge in [0.1, 0.15) is 18.9 Å². The van der Waals surface area contributed by atoms with Crippen molar-refractivity contribution >= 4 is 11.6 Å². The van der Waals surface area contributed by atoms with Crippen LogP contribution in [-0.2, 0) is 4.74 Å². The lowest BCUT2D eigenvalue weighted by molar-refractivity contribution is -0.928. The summed E-state index contributed by atoms with van der Waals surface area (Å²) in [6.45, 7) is 5.13. The zero-order chi connectivity index (χ0) is 18.4. The molecule has 0 radical (unpaired) electrons. The third kappa shape index (κ3) is 4.53. The van der Waals surface area contributed by atoms with Crippen LogP contribution in [0.15, 0.2) is 59.7 Å². The van der Waals surface area contributed by atoms with Crippen molar-refractivity contribution in [1.29, 1.82) is 0 Å². The highest BCUT2D eigenvalue weighted by Crippen LogP contribution is 2.12. The smallest absolute Gasteiger partial charge is 0.271 e. The number of morpholine rings is 1. The van der Waals surface area contributed by atoms with E-state index in [1.807, 2.05) is 25.1 Å². The molecule has 0 aromatic heterocycles. The number of rotatable bonds is 5. The van der Waals surface area contributed by atoms with E-state index in [1.54, 1.807) is 0 Å². The van der Waals surface area contributed by atoms with Crippen molar-refractivity contribution in [3.8, 4) is 0 Å². The Morgan fingerprint density at radius 3 is 2.42 bits per heavy atom. The molecule has 1 aliphatic rings. The average molecular weight is 356 g/mol. The molecule has 5 nitrogen and oxygen atoms in total. The fourth-order valence-electron chi connectivity index (χ4n) is 3.21. The van der Waals surface area contributed by atoms with Crippen molar-refractivity contribution in [2.45, 2.75) is 13.0 Å². The normalized spacial score (nSPS) is 16.9. The minimum atomic E-state index is -0.374. The number of hydrazone groups is 1. The van der Waals surface area contributed by atoms with Crippen molar-refractivity contribution in [1.82, 2.24) is 5.43 Å². The third-order valence-corrected chi connectivity index (χ3v) is 4.53. The van der Waals surface area contributed by atoms with E-state index in [0.717, 1.165) is 24.4 Å². The van der Waals surface area contributed by atoms with Crippen LogP contribution in [0.2, 0.25) is 0 Å². The van der Waals surface area contributed by atoms with Gasteiger partial charge in [0.25, 0.3) is 5.91 Å². The number of nitrogens with one attached hydrogen (secondary N) is 2. The first-order chi connectivity index (χ1) is 12.6. The molecule has 1 heterocycles. The van der Waals surface area contributed by atoms with E-state index in [4.69, 9.17) is 4.74 Å². The first kappa shape index (κ1) is 18.2. The van der Waals surface area contributed by atoms with E-state index in [9.17, 15) is 9.18 Å². The molecule has 2 aromatic carbocycles. The van der Waals surface area contributed by atoms with Crippen LogP contribution in [-0.4, -0.2) is 37.9 Å². The van der Waals surface area contributed by atoms with Crippen LogP contribution in [0.25, 0.3) is 0 Å². The zero-order valence-electron chi connectivity index (χ0n) is 14.7. The Labute approximate surface area is 152 Å². The first-order valence-corrected chi connectivity index (χ1v) is 8.72. The Morgan fingerprint density at radius 2 is 1.77 bits per heavy atom. The molecule has 0 spiro atoms. The van der Waals surface area contributed by atoms with Gasteiger partial charge < -0.3 is 9.64 Å². The number of carbonyl (C=O) groups is 1. The maximum absolute atomic E-state index is 13.0. The monoisotopic (exact) mass is 356 g/mol. The zero-order valence-corrected chi connectivity index (χ0v) is 14.7. The van der Waals surface area contributed by atoms with E-state index >= 15 is 0 Å². The van der Waals surface area contributed by atoms with Crippen molar-refractivity contribution in [2.75, 3.05) is 26.3 Å². The maximum Gasteiger partial charge on any atom is 0.271 e. The standard InChI is InChI=1S/C20H22FN3O2/c1-15(22-23-20(25)17-7-9-18(21)10-8-17)19(16-5-3-2-4-6-16)24-11-13-26-14-12-24/h2-10,19H,11-14H2,1H3,(H,23,25)/p+1/b22-15-/t19-/m1/s1. The quantitative estimate of drug-likeness (QED) is 0.631. The Morgan fingerprint density at radius 1 is 1.12 bits per heavy atom. The van der Waals surface area contributed by atoms with Crippen LogP contribution in [0.3, 0.4) is 0 Å². The van der Waals surface area contributed by atoms with E-state index in [-0.39, 0.29) is 17.8 Å². The predicted molar refractivity (Wildman–Crippen MR) is 97.7 cm³/mol. The Balaban J connectivity index is 1.77. The molecule has 3 rings (SSSR count). The fourth-order valence-corrected chi connectivity index (χ4v) is 3.21. The SMILES string of the molecule is C/C(=N/NC(=O)c1ccc(F)cc1)[C@H](c1ccccc1)[NH+]1CCOCC1. The van der Waals surface area contributed by atoms with Crippen molar-refractivity contribution in [3.63, 3.8) is 0 Å². The minimum absolute atomic E-state index is 0.0496. The largest absolute Gasteiger partial charge is 0.370 e. The Hall–Kier alpha value is -2.57. The number of carbonyl (C=O) groups excluding carboxylic acids is 1. The lowest BCUT2D eigenvalue weighted by atomic mass is 10.0. The number of nitrogens with zero attached hydrogens (tertiary/aromatic N) is 1. The molecule has 0 saturated carbocycles. The summed E-state index contributed by atoms with van der Waals surface area (Å²) in [5, 5.41) is 4.34. The van der Waals surface area contributed by atoms with Gasteiger partial charge in [-0.15, -0.1) is 0 Å². The highest BCUT2D eigenvalue weighted by atomic mass is 19.1. The highest BCUT2D eigenvalue weighted by molar-refractivity contribution is 5.95. The topological polar surface area (TPSA) is 55.1 Å². The third-order valence-electron chi connectivity index (χ3n) is 4.53. The van der Waals surface area contributed by atoms with Gasteiger partial charge >= 0.3 is 0 Å². The number of hydrogen-bond donors (Lipinski definition) is 2. The van der Waals surface area contributed by atoms with Gasteiger partial charge in [0.15, 0.2) is 6.04 Å². The molecule has 136 valence electrons. The molecule has 2 N–H and O–H groups in total. The molecule has 1 saturated heterocycles. The predicted octanol–water partition coefficient (Wildman–Crippen LogP) is 1.59. The second-order valence-electron chi connectivity index (χ2n) is 6.32. The van der Waals surface area contributed by atoms with Gasteiger partial charge in [0, 0.05) is 11.1 Å². The summed E-state index contributed by atoms with van der Waals surface area (Å²) in [5.74, 6) is -0.727. The van der Waals surface area contributed by atoms with Crippen LogP contribution in [0, 0.1) is 5.82 Å². The number of ether oxygens (including phenoxy) is 1. The van der Waals surface area contributed by atoms with E-state index in [1.165, 1.54) is 29.2 Å². The molecule has 6 heteroatoms. The fraction of sp³-hybridized carbons (Fsp3) is 0.300. The van der Waals surface area contributed by atoms with Crippen molar-refractivity contribution in [3.05, 3.63) is 71.5 Å². The molecule has 0 bridgehead atoms. The summed E-state index contributed by atoms with van der Waals surface area (Å²) in [6, 6.07) is 15.6. The van der Waals surface area contributed by atoms with Crippen molar-refractivity contribution < 1.29 is 18.8 Å². The molecule has 2 aromatic rings. The number of hydrogen-bond acceptors (Lipinski definition) is 3. The summed E-state index contributed by atoms with van der Waals surface area (Å²) in [5.41, 5.74) is 4.94. The average Bonchev–Trinajstić information content (AvgIpc) is 2.68. The molecule has 1 amide bonds. The second kappa shape index (κ2) is 8.69. The number of amides is 1. The van der Waals surface area contributed by atoms with E-state index < -0.39 is 0 Å². The van der Waals surface area contributed by atoms with E-state index in [2.05, 4.69) is 22.7 Å². The number of quaternary nitrogens is 1. The molecular weight excluding hydrogens is 333 g/mol. The van der Waals surface area contributed by atoms with Gasteiger partial charge in [-0.3, -0.25) is 4.79 Å². The number of benzene rings is 2. The molecule has 1 atom stereocenters. The van der Waals surface area contributed by atoms with Gasteiger partial charge in [0.2, 0.25) is 0 Å². The summed E-state index contributed by atoms with van der Waals surface area (Å²) >= 11 is 0. The first-order valence-electron chi connectivity index (χ1n) is 8.72. The lowest BCUT2D eigenvalue weighted by Crippen LogP contribution is -3.15. The summed E-state index contributed by atoms with van der Waals surface area (Å²) in [4.78, 5) is 13.6. The second-order valence-corrected chi connectivity index (χ2v) is 6.32. The van der Waals surface area contributed by atoms with Gasteiger partial charge in [-0.2, -0.15) is 5.10 Å². The minimum Gasteiger partial charge on any atom is -0.370 e. The van der Waals surface area contributed by atoms with Crippen LogP contribution >= 0.6 is 0 Å².